The van der Waals surface area contributed by atoms with Gasteiger partial charge in [0.15, 0.2) is 0 Å². The number of nitrogens with zero attached hydrogens (tertiary/aromatic N) is 1. The zero-order valence-electron chi connectivity index (χ0n) is 14.3. The zero-order valence-corrected chi connectivity index (χ0v) is 14.3. The average molecular weight is 351 g/mol. The predicted molar refractivity (Wildman–Crippen MR) is 90.2 cm³/mol. The summed E-state index contributed by atoms with van der Waals surface area (Å²) >= 11 is 0. The summed E-state index contributed by atoms with van der Waals surface area (Å²) in [6.07, 6.45) is 2.07. The number of rotatable bonds is 7. The van der Waals surface area contributed by atoms with E-state index in [-0.39, 0.29) is 18.8 Å². The highest BCUT2D eigenvalue weighted by molar-refractivity contribution is 5.88. The number of benzene rings is 1. The van der Waals surface area contributed by atoms with Gasteiger partial charge in [-0.05, 0) is 25.0 Å². The number of para-hydroxylation sites is 1. The van der Waals surface area contributed by atoms with E-state index in [4.69, 9.17) is 9.47 Å². The van der Waals surface area contributed by atoms with Gasteiger partial charge < -0.3 is 14.5 Å². The van der Waals surface area contributed by atoms with E-state index in [1.165, 1.54) is 6.07 Å². The summed E-state index contributed by atoms with van der Waals surface area (Å²) in [5, 5.41) is 4.00. The van der Waals surface area contributed by atoms with E-state index >= 15 is 0 Å². The molecule has 0 aromatic heterocycles. The van der Waals surface area contributed by atoms with Crippen LogP contribution in [0.2, 0.25) is 0 Å². The largest absolute Gasteiger partial charge is 0.463 e. The lowest BCUT2D eigenvalue weighted by atomic mass is 10.1. The van der Waals surface area contributed by atoms with E-state index in [9.17, 15) is 14.0 Å². The number of anilines is 1. The molecule has 1 aliphatic heterocycles. The topological polar surface area (TPSA) is 79.9 Å². The second-order valence-corrected chi connectivity index (χ2v) is 5.30. The highest BCUT2D eigenvalue weighted by Gasteiger charge is 2.27. The Hall–Kier alpha value is -2.61. The highest BCUT2D eigenvalue weighted by Crippen LogP contribution is 2.20. The molecule has 0 spiro atoms. The van der Waals surface area contributed by atoms with E-state index < -0.39 is 24.0 Å². The molecule has 1 heterocycles. The van der Waals surface area contributed by atoms with Gasteiger partial charge in [-0.1, -0.05) is 25.1 Å². The molecule has 2 N–H and O–H groups in total. The van der Waals surface area contributed by atoms with Crippen molar-refractivity contribution in [1.29, 1.82) is 0 Å². The van der Waals surface area contributed by atoms with Crippen molar-refractivity contribution < 1.29 is 23.5 Å². The van der Waals surface area contributed by atoms with Crippen LogP contribution >= 0.6 is 0 Å². The van der Waals surface area contributed by atoms with Gasteiger partial charge in [0.2, 0.25) is 6.10 Å². The number of nitrogens with one attached hydrogen (secondary N) is 2. The minimum atomic E-state index is -1.15. The number of hydrogen-bond donors (Lipinski definition) is 2. The van der Waals surface area contributed by atoms with Crippen LogP contribution in [-0.2, 0) is 20.7 Å². The van der Waals surface area contributed by atoms with Crippen molar-refractivity contribution in [2.75, 3.05) is 25.0 Å². The Morgan fingerprint density at radius 3 is 2.84 bits per heavy atom. The molecular weight excluding hydrogens is 329 g/mol. The number of carbonyl (C=O) groups is 2. The molecule has 1 atom stereocenters. The Morgan fingerprint density at radius 1 is 1.40 bits per heavy atom. The second kappa shape index (κ2) is 9.03. The van der Waals surface area contributed by atoms with Gasteiger partial charge in [0.25, 0.3) is 0 Å². The number of ether oxygens (including phenoxy) is 2. The van der Waals surface area contributed by atoms with E-state index in [0.29, 0.717) is 18.5 Å². The quantitative estimate of drug-likeness (QED) is 0.733. The highest BCUT2D eigenvalue weighted by atomic mass is 19.1. The van der Waals surface area contributed by atoms with Crippen molar-refractivity contribution in [1.82, 2.24) is 10.4 Å². The lowest BCUT2D eigenvalue weighted by Crippen LogP contribution is -2.43. The molecule has 1 aromatic rings. The monoisotopic (exact) mass is 351 g/mol. The van der Waals surface area contributed by atoms with Crippen LogP contribution in [0.1, 0.15) is 19.4 Å². The van der Waals surface area contributed by atoms with E-state index in [1.807, 2.05) is 13.0 Å². The molecule has 7 nitrogen and oxygen atoms in total. The van der Waals surface area contributed by atoms with Gasteiger partial charge >= 0.3 is 12.1 Å². The normalized spacial score (nSPS) is 14.3. The molecule has 1 aromatic carbocycles. The fraction of sp³-hybridized carbons (Fsp3) is 0.412. The molecular formula is C17H22FN3O4. The number of hydrazine groups is 1. The SMILES string of the molecule is CCOC(=O)C(CN1C=CCN1)OC(=O)Nc1c(F)cccc1CC. The first kappa shape index (κ1) is 18.7. The van der Waals surface area contributed by atoms with Crippen molar-refractivity contribution >= 4 is 17.7 Å². The molecule has 1 aliphatic rings. The summed E-state index contributed by atoms with van der Waals surface area (Å²) in [6.45, 7) is 4.38. The minimum absolute atomic E-state index is 0.0526. The van der Waals surface area contributed by atoms with Crippen LogP contribution in [0.15, 0.2) is 30.5 Å². The Morgan fingerprint density at radius 2 is 2.20 bits per heavy atom. The third kappa shape index (κ3) is 5.18. The maximum atomic E-state index is 14.0. The van der Waals surface area contributed by atoms with Crippen LogP contribution in [0.4, 0.5) is 14.9 Å². The average Bonchev–Trinajstić information content (AvgIpc) is 3.09. The van der Waals surface area contributed by atoms with Gasteiger partial charge in [0.05, 0.1) is 18.8 Å². The maximum absolute atomic E-state index is 14.0. The lowest BCUT2D eigenvalue weighted by Gasteiger charge is -2.23. The van der Waals surface area contributed by atoms with Gasteiger partial charge in [-0.25, -0.2) is 19.4 Å². The van der Waals surface area contributed by atoms with Gasteiger partial charge in [-0.3, -0.25) is 5.32 Å². The Kier molecular flexibility index (Phi) is 6.76. The molecule has 2 rings (SSSR count). The number of amides is 1. The first-order valence-electron chi connectivity index (χ1n) is 8.13. The van der Waals surface area contributed by atoms with Gasteiger partial charge in [-0.2, -0.15) is 0 Å². The van der Waals surface area contributed by atoms with Gasteiger partial charge in [-0.15, -0.1) is 0 Å². The number of aryl methyl sites for hydroxylation is 1. The Bertz CT molecular complexity index is 651. The standard InChI is InChI=1S/C17H22FN3O4/c1-3-12-7-5-8-13(18)15(12)20-17(23)25-14(16(22)24-4-2)11-21-10-6-9-19-21/h5-8,10,14,19H,3-4,9,11H2,1-2H3,(H,20,23). The van der Waals surface area contributed by atoms with E-state index in [1.54, 1.807) is 30.3 Å². The third-order valence-electron chi connectivity index (χ3n) is 3.57. The number of carbonyl (C=O) groups excluding carboxylic acids is 2. The van der Waals surface area contributed by atoms with Crippen LogP contribution in [0.25, 0.3) is 0 Å². The molecule has 1 unspecified atom stereocenters. The minimum Gasteiger partial charge on any atom is -0.463 e. The predicted octanol–water partition coefficient (Wildman–Crippen LogP) is 2.20. The summed E-state index contributed by atoms with van der Waals surface area (Å²) < 4.78 is 24.1. The molecule has 25 heavy (non-hydrogen) atoms. The second-order valence-electron chi connectivity index (χ2n) is 5.30. The first-order chi connectivity index (χ1) is 12.0. The van der Waals surface area contributed by atoms with Crippen molar-refractivity contribution in [2.24, 2.45) is 0 Å². The fourth-order valence-electron chi connectivity index (χ4n) is 2.37. The van der Waals surface area contributed by atoms with E-state index in [0.717, 1.165) is 0 Å². The summed E-state index contributed by atoms with van der Waals surface area (Å²) in [5.74, 6) is -1.22. The van der Waals surface area contributed by atoms with Gasteiger partial charge in [0, 0.05) is 12.7 Å². The van der Waals surface area contributed by atoms with Crippen molar-refractivity contribution in [2.45, 2.75) is 26.4 Å². The van der Waals surface area contributed by atoms with Crippen LogP contribution in [0, 0.1) is 5.82 Å². The third-order valence-corrected chi connectivity index (χ3v) is 3.57. The summed E-state index contributed by atoms with van der Waals surface area (Å²) in [7, 11) is 0. The van der Waals surface area contributed by atoms with Crippen molar-refractivity contribution in [3.05, 3.63) is 41.9 Å². The molecule has 0 aliphatic carbocycles. The molecule has 0 saturated heterocycles. The molecule has 1 amide bonds. The Balaban J connectivity index is 2.05. The van der Waals surface area contributed by atoms with Crippen molar-refractivity contribution in [3.8, 4) is 0 Å². The van der Waals surface area contributed by atoms with Gasteiger partial charge in [0.1, 0.15) is 5.82 Å². The zero-order chi connectivity index (χ0) is 18.2. The summed E-state index contributed by atoms with van der Waals surface area (Å²) in [6, 6.07) is 4.52. The molecule has 0 saturated carbocycles. The smallest absolute Gasteiger partial charge is 0.412 e. The molecule has 136 valence electrons. The summed E-state index contributed by atoms with van der Waals surface area (Å²) in [5.41, 5.74) is 3.66. The number of halogens is 1. The van der Waals surface area contributed by atoms with E-state index in [2.05, 4.69) is 10.7 Å². The Labute approximate surface area is 145 Å². The molecule has 0 radical (unpaired) electrons. The summed E-state index contributed by atoms with van der Waals surface area (Å²) in [4.78, 5) is 24.2. The van der Waals surface area contributed by atoms with Crippen molar-refractivity contribution in [3.63, 3.8) is 0 Å². The number of esters is 1. The molecule has 0 bridgehead atoms. The lowest BCUT2D eigenvalue weighted by molar-refractivity contribution is -0.153. The van der Waals surface area contributed by atoms with Crippen LogP contribution in [0.5, 0.6) is 0 Å². The first-order valence-corrected chi connectivity index (χ1v) is 8.13. The van der Waals surface area contributed by atoms with Crippen LogP contribution in [0.3, 0.4) is 0 Å². The maximum Gasteiger partial charge on any atom is 0.412 e. The number of hydrogen-bond acceptors (Lipinski definition) is 6. The van der Waals surface area contributed by atoms with Crippen LogP contribution in [-0.4, -0.2) is 42.9 Å². The molecule has 8 heteroatoms. The fourth-order valence-corrected chi connectivity index (χ4v) is 2.37. The molecule has 0 fully saturated rings. The van der Waals surface area contributed by atoms with Crippen LogP contribution < -0.4 is 10.7 Å².